The Bertz CT molecular complexity index is 711. The first kappa shape index (κ1) is 15.7. The maximum atomic E-state index is 13.6. The van der Waals surface area contributed by atoms with Crippen LogP contribution in [-0.4, -0.2) is 33.7 Å². The monoisotopic (exact) mass is 480 g/mol. The van der Waals surface area contributed by atoms with Crippen LogP contribution in [0.15, 0.2) is 24.4 Å². The second-order valence-electron chi connectivity index (χ2n) is 4.78. The zero-order valence-corrected chi connectivity index (χ0v) is 15.0. The molecule has 116 valence electrons. The summed E-state index contributed by atoms with van der Waals surface area (Å²) in [4.78, 5) is 13.4. The third kappa shape index (κ3) is 3.24. The number of benzene rings is 1. The number of cyclic esters (lactones) is 1. The first-order chi connectivity index (χ1) is 10.6. The molecule has 0 aliphatic carbocycles. The minimum absolute atomic E-state index is 0.347. The second kappa shape index (κ2) is 6.49. The number of anilines is 1. The quantitative estimate of drug-likeness (QED) is 0.498. The molecule has 1 unspecified atom stereocenters. The first-order valence-electron chi connectivity index (χ1n) is 6.45. The van der Waals surface area contributed by atoms with Crippen LogP contribution in [0.2, 0.25) is 0 Å². The SMILES string of the molecule is O=C1OC(Cn2cc(CBr)nn2)CN1c1ccc(I)c(F)c1. The molecular weight excluding hydrogens is 470 g/mol. The molecule has 0 bridgehead atoms. The molecule has 3 rings (SSSR count). The Morgan fingerprint density at radius 2 is 2.32 bits per heavy atom. The maximum Gasteiger partial charge on any atom is 0.414 e. The third-order valence-corrected chi connectivity index (χ3v) is 4.65. The van der Waals surface area contributed by atoms with Gasteiger partial charge in [-0.1, -0.05) is 21.1 Å². The molecule has 1 aromatic carbocycles. The fourth-order valence-corrected chi connectivity index (χ4v) is 2.77. The summed E-state index contributed by atoms with van der Waals surface area (Å²) in [6.07, 6.45) is 0.960. The average Bonchev–Trinajstić information content (AvgIpc) is 3.09. The van der Waals surface area contributed by atoms with E-state index < -0.39 is 6.09 Å². The summed E-state index contributed by atoms with van der Waals surface area (Å²) in [5.41, 5.74) is 1.30. The lowest BCUT2D eigenvalue weighted by Gasteiger charge is -2.13. The third-order valence-electron chi connectivity index (χ3n) is 3.20. The van der Waals surface area contributed by atoms with Crippen molar-refractivity contribution in [2.24, 2.45) is 0 Å². The van der Waals surface area contributed by atoms with Crippen molar-refractivity contribution in [2.75, 3.05) is 11.4 Å². The van der Waals surface area contributed by atoms with Gasteiger partial charge in [-0.3, -0.25) is 4.90 Å². The van der Waals surface area contributed by atoms with E-state index in [1.54, 1.807) is 23.0 Å². The van der Waals surface area contributed by atoms with Gasteiger partial charge in [-0.05, 0) is 40.8 Å². The Balaban J connectivity index is 1.71. The van der Waals surface area contributed by atoms with Crippen LogP contribution in [-0.2, 0) is 16.6 Å². The number of amides is 1. The average molecular weight is 481 g/mol. The number of aromatic nitrogens is 3. The normalized spacial score (nSPS) is 17.9. The standard InChI is InChI=1S/C13H11BrFIN4O2/c14-4-8-5-19(18-17-8)6-10-7-20(13(21)22-10)9-1-2-12(16)11(15)3-9/h1-3,5,10H,4,6-7H2. The van der Waals surface area contributed by atoms with Gasteiger partial charge in [0.05, 0.1) is 24.5 Å². The maximum absolute atomic E-state index is 13.6. The minimum atomic E-state index is -0.480. The number of halogens is 3. The molecule has 2 aromatic rings. The summed E-state index contributed by atoms with van der Waals surface area (Å²) in [6.45, 7) is 0.761. The zero-order valence-electron chi connectivity index (χ0n) is 11.2. The fourth-order valence-electron chi connectivity index (χ4n) is 2.18. The van der Waals surface area contributed by atoms with E-state index >= 15 is 0 Å². The Hall–Kier alpha value is -1.23. The second-order valence-corrected chi connectivity index (χ2v) is 6.50. The molecule has 1 atom stereocenters. The topological polar surface area (TPSA) is 60.3 Å². The van der Waals surface area contributed by atoms with Crippen LogP contribution >= 0.6 is 38.5 Å². The van der Waals surface area contributed by atoms with Crippen LogP contribution in [0.1, 0.15) is 5.69 Å². The van der Waals surface area contributed by atoms with E-state index in [-0.39, 0.29) is 11.9 Å². The molecule has 1 saturated heterocycles. The Morgan fingerprint density at radius 3 is 3.00 bits per heavy atom. The van der Waals surface area contributed by atoms with Crippen LogP contribution in [0.4, 0.5) is 14.9 Å². The lowest BCUT2D eigenvalue weighted by Crippen LogP contribution is -2.26. The number of alkyl halides is 1. The summed E-state index contributed by atoms with van der Waals surface area (Å²) in [5, 5.41) is 8.54. The Morgan fingerprint density at radius 1 is 1.50 bits per heavy atom. The number of carbonyl (C=O) groups excluding carboxylic acids is 1. The predicted molar refractivity (Wildman–Crippen MR) is 89.4 cm³/mol. The fraction of sp³-hybridized carbons (Fsp3) is 0.308. The first-order valence-corrected chi connectivity index (χ1v) is 8.65. The number of hydrogen-bond acceptors (Lipinski definition) is 4. The van der Waals surface area contributed by atoms with Gasteiger partial charge in [0.15, 0.2) is 0 Å². The molecule has 1 fully saturated rings. The van der Waals surface area contributed by atoms with E-state index in [1.165, 1.54) is 11.0 Å². The van der Waals surface area contributed by atoms with Gasteiger partial charge in [0.1, 0.15) is 11.9 Å². The van der Waals surface area contributed by atoms with Crippen LogP contribution < -0.4 is 4.90 Å². The molecule has 1 aliphatic rings. The van der Waals surface area contributed by atoms with Crippen LogP contribution in [0.5, 0.6) is 0 Å². The lowest BCUT2D eigenvalue weighted by atomic mass is 10.2. The van der Waals surface area contributed by atoms with E-state index in [2.05, 4.69) is 26.2 Å². The Kier molecular flexibility index (Phi) is 4.62. The van der Waals surface area contributed by atoms with Crippen molar-refractivity contribution in [3.63, 3.8) is 0 Å². The molecule has 0 N–H and O–H groups in total. The van der Waals surface area contributed by atoms with E-state index in [0.29, 0.717) is 27.7 Å². The van der Waals surface area contributed by atoms with Gasteiger partial charge in [0, 0.05) is 15.1 Å². The molecule has 9 heteroatoms. The van der Waals surface area contributed by atoms with Crippen molar-refractivity contribution in [2.45, 2.75) is 18.0 Å². The van der Waals surface area contributed by atoms with Crippen LogP contribution in [0.25, 0.3) is 0 Å². The summed E-state index contributed by atoms with van der Waals surface area (Å²) < 4.78 is 21.1. The van der Waals surface area contributed by atoms with Gasteiger partial charge >= 0.3 is 6.09 Å². The van der Waals surface area contributed by atoms with Gasteiger partial charge < -0.3 is 4.74 Å². The van der Waals surface area contributed by atoms with Gasteiger partial charge in [-0.2, -0.15) is 0 Å². The zero-order chi connectivity index (χ0) is 15.7. The van der Waals surface area contributed by atoms with Crippen molar-refractivity contribution in [3.8, 4) is 0 Å². The molecule has 2 heterocycles. The highest BCUT2D eigenvalue weighted by atomic mass is 127. The van der Waals surface area contributed by atoms with Crippen LogP contribution in [0.3, 0.4) is 0 Å². The molecule has 22 heavy (non-hydrogen) atoms. The highest BCUT2D eigenvalue weighted by molar-refractivity contribution is 14.1. The van der Waals surface area contributed by atoms with Crippen molar-refractivity contribution in [1.82, 2.24) is 15.0 Å². The predicted octanol–water partition coefficient (Wildman–Crippen LogP) is 2.94. The molecule has 0 saturated carbocycles. The number of hydrogen-bond donors (Lipinski definition) is 0. The largest absolute Gasteiger partial charge is 0.442 e. The van der Waals surface area contributed by atoms with E-state index in [0.717, 1.165) is 5.69 Å². The van der Waals surface area contributed by atoms with Crippen molar-refractivity contribution < 1.29 is 13.9 Å². The van der Waals surface area contributed by atoms with Gasteiger partial charge in [0.2, 0.25) is 0 Å². The Labute approximate surface area is 147 Å². The van der Waals surface area contributed by atoms with Gasteiger partial charge in [-0.25, -0.2) is 13.9 Å². The minimum Gasteiger partial charge on any atom is -0.442 e. The smallest absolute Gasteiger partial charge is 0.414 e. The van der Waals surface area contributed by atoms with Crippen molar-refractivity contribution in [3.05, 3.63) is 39.5 Å². The molecule has 0 radical (unpaired) electrons. The molecular formula is C13H11BrFIN4O2. The van der Waals surface area contributed by atoms with Gasteiger partial charge in [-0.15, -0.1) is 5.10 Å². The summed E-state index contributed by atoms with van der Waals surface area (Å²) in [6, 6.07) is 4.67. The number of nitrogens with zero attached hydrogens (tertiary/aromatic N) is 4. The molecule has 1 amide bonds. The summed E-state index contributed by atoms with van der Waals surface area (Å²) >= 11 is 5.20. The summed E-state index contributed by atoms with van der Waals surface area (Å²) in [7, 11) is 0. The van der Waals surface area contributed by atoms with Crippen molar-refractivity contribution >= 4 is 50.3 Å². The number of carbonyl (C=O) groups is 1. The van der Waals surface area contributed by atoms with Crippen LogP contribution in [0, 0.1) is 9.39 Å². The van der Waals surface area contributed by atoms with Crippen molar-refractivity contribution in [1.29, 1.82) is 0 Å². The molecule has 6 nitrogen and oxygen atoms in total. The van der Waals surface area contributed by atoms with Gasteiger partial charge in [0.25, 0.3) is 0 Å². The number of ether oxygens (including phenoxy) is 1. The lowest BCUT2D eigenvalue weighted by molar-refractivity contribution is 0.129. The van der Waals surface area contributed by atoms with E-state index in [9.17, 15) is 9.18 Å². The highest BCUT2D eigenvalue weighted by Gasteiger charge is 2.33. The summed E-state index contributed by atoms with van der Waals surface area (Å²) in [5.74, 6) is -0.354. The molecule has 0 spiro atoms. The number of rotatable bonds is 4. The van der Waals surface area contributed by atoms with E-state index in [4.69, 9.17) is 4.74 Å². The highest BCUT2D eigenvalue weighted by Crippen LogP contribution is 2.25. The molecule has 1 aliphatic heterocycles. The van der Waals surface area contributed by atoms with E-state index in [1.807, 2.05) is 22.6 Å². The molecule has 1 aromatic heterocycles.